The Bertz CT molecular complexity index is 376. The van der Waals surface area contributed by atoms with Gasteiger partial charge in [-0.2, -0.15) is 0 Å². The van der Waals surface area contributed by atoms with Crippen LogP contribution < -0.4 is 5.32 Å². The molecule has 0 aliphatic rings. The molecule has 1 aromatic carbocycles. The third-order valence-corrected chi connectivity index (χ3v) is 1.83. The van der Waals surface area contributed by atoms with Gasteiger partial charge in [0.15, 0.2) is 6.67 Å². The number of Topliss-reactive ketones (excluding diaryl/α,β-unsaturated/α-hetero) is 1. The number of carbonyl (C=O) groups is 2. The molecule has 0 aromatic heterocycles. The number of halogens is 1. The van der Waals surface area contributed by atoms with Gasteiger partial charge in [-0.3, -0.25) is 9.59 Å². The minimum absolute atomic E-state index is 0.0806. The van der Waals surface area contributed by atoms with Gasteiger partial charge in [0.2, 0.25) is 0 Å². The molecule has 0 aliphatic heterocycles. The van der Waals surface area contributed by atoms with Crippen LogP contribution in [0.15, 0.2) is 37.4 Å². The fraction of sp³-hybridized carbons (Fsp3) is 0.524. The summed E-state index contributed by atoms with van der Waals surface area (Å²) in [7, 11) is 0. The highest BCUT2D eigenvalue weighted by Gasteiger charge is 1.98. The van der Waals surface area contributed by atoms with Gasteiger partial charge < -0.3 is 5.32 Å². The highest BCUT2D eigenvalue weighted by Crippen LogP contribution is 2.00. The summed E-state index contributed by atoms with van der Waals surface area (Å²) in [6.45, 7) is 22.4. The lowest BCUT2D eigenvalue weighted by Crippen LogP contribution is -2.29. The predicted molar refractivity (Wildman–Crippen MR) is 111 cm³/mol. The van der Waals surface area contributed by atoms with E-state index in [1.165, 1.54) is 18.1 Å². The van der Waals surface area contributed by atoms with Crippen molar-refractivity contribution in [1.82, 2.24) is 5.32 Å². The Morgan fingerprint density at radius 3 is 1.52 bits per heavy atom. The largest absolute Gasteiger partial charge is 0.347 e. The molecule has 3 nitrogen and oxygen atoms in total. The number of aryl methyl sites for hydroxylation is 2. The van der Waals surface area contributed by atoms with Crippen molar-refractivity contribution in [3.63, 3.8) is 0 Å². The number of nitrogens with one attached hydrogen (secondary N) is 1. The topological polar surface area (TPSA) is 46.2 Å². The van der Waals surface area contributed by atoms with E-state index in [2.05, 4.69) is 56.6 Å². The maximum absolute atomic E-state index is 11.3. The van der Waals surface area contributed by atoms with Gasteiger partial charge in [-0.25, -0.2) is 4.39 Å². The number of ketones is 1. The zero-order valence-corrected chi connectivity index (χ0v) is 17.8. The standard InChI is InChI=1S/C8H10.C5H8FNO2.3C2H6.C2H4/c1-7-4-3-5-8(2)6-7;1-4(8)3-7-5(9)2-6;4*1-2/h3-6H,1-2H3;2-3H2,1H3,(H,7,9);3*1-2H3;1-2H2. The Labute approximate surface area is 155 Å². The quantitative estimate of drug-likeness (QED) is 0.690. The van der Waals surface area contributed by atoms with Crippen LogP contribution in [0.25, 0.3) is 0 Å². The number of carbonyl (C=O) groups excluding carboxylic acids is 2. The fourth-order valence-corrected chi connectivity index (χ4v) is 1.08. The van der Waals surface area contributed by atoms with Crippen LogP contribution in [0.4, 0.5) is 4.39 Å². The number of alkyl halides is 1. The van der Waals surface area contributed by atoms with E-state index >= 15 is 0 Å². The number of hydrogen-bond donors (Lipinski definition) is 1. The Morgan fingerprint density at radius 2 is 1.32 bits per heavy atom. The molecule has 0 unspecified atom stereocenters. The van der Waals surface area contributed by atoms with Crippen LogP contribution in [0, 0.1) is 13.8 Å². The van der Waals surface area contributed by atoms with E-state index in [1.54, 1.807) is 0 Å². The van der Waals surface area contributed by atoms with Gasteiger partial charge in [-0.05, 0) is 20.8 Å². The predicted octanol–water partition coefficient (Wildman–Crippen LogP) is 5.85. The molecule has 1 rings (SSSR count). The molecular formula is C21H40FNO2. The second-order valence-electron chi connectivity index (χ2n) is 3.77. The lowest BCUT2D eigenvalue weighted by molar-refractivity contribution is -0.125. The van der Waals surface area contributed by atoms with Crippen LogP contribution in [0.5, 0.6) is 0 Å². The molecule has 0 fully saturated rings. The summed E-state index contributed by atoms with van der Waals surface area (Å²) >= 11 is 0. The smallest absolute Gasteiger partial charge is 0.251 e. The third-order valence-electron chi connectivity index (χ3n) is 1.83. The second kappa shape index (κ2) is 33.6. The third kappa shape index (κ3) is 39.1. The van der Waals surface area contributed by atoms with Crippen molar-refractivity contribution >= 4 is 11.7 Å². The van der Waals surface area contributed by atoms with Gasteiger partial charge in [-0.15, -0.1) is 13.2 Å². The Kier molecular flexibility index (Phi) is 46.2. The van der Waals surface area contributed by atoms with Crippen LogP contribution in [-0.4, -0.2) is 24.9 Å². The minimum atomic E-state index is -1.06. The van der Waals surface area contributed by atoms with Gasteiger partial charge >= 0.3 is 0 Å². The molecule has 0 spiro atoms. The molecule has 0 saturated heterocycles. The molecule has 0 aliphatic carbocycles. The molecule has 0 saturated carbocycles. The van der Waals surface area contributed by atoms with E-state index in [9.17, 15) is 14.0 Å². The molecule has 1 aromatic rings. The Balaban J connectivity index is -0.0000000763. The average molecular weight is 358 g/mol. The molecular weight excluding hydrogens is 317 g/mol. The minimum Gasteiger partial charge on any atom is -0.347 e. The Morgan fingerprint density at radius 1 is 0.960 bits per heavy atom. The van der Waals surface area contributed by atoms with Crippen molar-refractivity contribution in [2.45, 2.75) is 62.3 Å². The van der Waals surface area contributed by atoms with Crippen LogP contribution in [0.1, 0.15) is 59.6 Å². The van der Waals surface area contributed by atoms with Crippen molar-refractivity contribution in [1.29, 1.82) is 0 Å². The van der Waals surface area contributed by atoms with Crippen molar-refractivity contribution in [3.8, 4) is 0 Å². The summed E-state index contributed by atoms with van der Waals surface area (Å²) in [4.78, 5) is 20.2. The van der Waals surface area contributed by atoms with Crippen molar-refractivity contribution in [2.75, 3.05) is 13.2 Å². The summed E-state index contributed by atoms with van der Waals surface area (Å²) in [5, 5.41) is 2.07. The zero-order chi connectivity index (χ0) is 21.3. The highest BCUT2D eigenvalue weighted by atomic mass is 19.1. The maximum atomic E-state index is 11.3. The normalized spacial score (nSPS) is 6.96. The van der Waals surface area contributed by atoms with Gasteiger partial charge in [0.05, 0.1) is 6.54 Å². The molecule has 0 atom stereocenters. The van der Waals surface area contributed by atoms with E-state index in [1.807, 2.05) is 41.5 Å². The highest BCUT2D eigenvalue weighted by molar-refractivity contribution is 5.84. The fourth-order valence-electron chi connectivity index (χ4n) is 1.08. The first-order valence-corrected chi connectivity index (χ1v) is 8.81. The van der Waals surface area contributed by atoms with Gasteiger partial charge in [0.25, 0.3) is 5.91 Å². The second-order valence-corrected chi connectivity index (χ2v) is 3.77. The first-order chi connectivity index (χ1) is 12.0. The van der Waals surface area contributed by atoms with Crippen molar-refractivity contribution in [2.24, 2.45) is 0 Å². The Hall–Kier alpha value is -1.97. The number of hydrogen-bond acceptors (Lipinski definition) is 2. The summed E-state index contributed by atoms with van der Waals surface area (Å²) in [5.41, 5.74) is 2.68. The van der Waals surface area contributed by atoms with E-state index in [0.717, 1.165) is 0 Å². The molecule has 0 radical (unpaired) electrons. The first kappa shape index (κ1) is 34.4. The van der Waals surface area contributed by atoms with Crippen LogP contribution in [0.2, 0.25) is 0 Å². The number of rotatable bonds is 3. The van der Waals surface area contributed by atoms with E-state index in [0.29, 0.717) is 0 Å². The van der Waals surface area contributed by atoms with Crippen molar-refractivity contribution in [3.05, 3.63) is 48.6 Å². The van der Waals surface area contributed by atoms with Crippen molar-refractivity contribution < 1.29 is 14.0 Å². The van der Waals surface area contributed by atoms with Gasteiger partial charge in [0, 0.05) is 0 Å². The number of benzene rings is 1. The van der Waals surface area contributed by atoms with Gasteiger partial charge in [0.1, 0.15) is 5.78 Å². The summed E-state index contributed by atoms with van der Waals surface area (Å²) in [6.07, 6.45) is 0. The molecule has 148 valence electrons. The molecule has 1 amide bonds. The molecule has 4 heteroatoms. The lowest BCUT2D eigenvalue weighted by atomic mass is 10.2. The summed E-state index contributed by atoms with van der Waals surface area (Å²) < 4.78 is 11.3. The summed E-state index contributed by atoms with van der Waals surface area (Å²) in [6, 6.07) is 8.45. The maximum Gasteiger partial charge on any atom is 0.251 e. The van der Waals surface area contributed by atoms with Crippen LogP contribution in [-0.2, 0) is 9.59 Å². The monoisotopic (exact) mass is 357 g/mol. The SMILES string of the molecule is C=C.CC.CC.CC.CC(=O)CNC(=O)CF.Cc1cccc(C)c1. The molecule has 1 N–H and O–H groups in total. The molecule has 0 heterocycles. The lowest BCUT2D eigenvalue weighted by Gasteiger charge is -1.95. The van der Waals surface area contributed by atoms with Crippen LogP contribution in [0.3, 0.4) is 0 Å². The average Bonchev–Trinajstić information content (AvgIpc) is 2.66. The molecule has 0 bridgehead atoms. The zero-order valence-electron chi connectivity index (χ0n) is 17.8. The van der Waals surface area contributed by atoms with Gasteiger partial charge in [-0.1, -0.05) is 76.9 Å². The van der Waals surface area contributed by atoms with E-state index in [-0.39, 0.29) is 12.3 Å². The number of amides is 1. The molecule has 25 heavy (non-hydrogen) atoms. The summed E-state index contributed by atoms with van der Waals surface area (Å²) in [5.74, 6) is -0.929. The van der Waals surface area contributed by atoms with Crippen LogP contribution >= 0.6 is 0 Å². The van der Waals surface area contributed by atoms with E-state index < -0.39 is 12.6 Å². The van der Waals surface area contributed by atoms with E-state index in [4.69, 9.17) is 0 Å². The first-order valence-electron chi connectivity index (χ1n) is 8.81.